The van der Waals surface area contributed by atoms with E-state index in [1.54, 1.807) is 0 Å². The van der Waals surface area contributed by atoms with Gasteiger partial charge in [0.25, 0.3) is 0 Å². The number of hydrogen-bond donors (Lipinski definition) is 0. The molecule has 16 heavy (non-hydrogen) atoms. The summed E-state index contributed by atoms with van der Waals surface area (Å²) in [7, 11) is -2.84. The maximum absolute atomic E-state index is 12.0. The first-order chi connectivity index (χ1) is 7.68. The number of nitriles is 1. The normalized spacial score (nSPS) is 11.3. The second-order valence-electron chi connectivity index (χ2n) is 3.49. The summed E-state index contributed by atoms with van der Waals surface area (Å²) in [6.07, 6.45) is 4.83. The van der Waals surface area contributed by atoms with E-state index in [-0.39, 0.29) is 0 Å². The summed E-state index contributed by atoms with van der Waals surface area (Å²) in [5, 5.41) is 8.36. The molecule has 94 valence electrons. The van der Waals surface area contributed by atoms with Crippen molar-refractivity contribution in [1.29, 1.82) is 5.26 Å². The first-order valence-corrected chi connectivity index (χ1v) is 7.66. The van der Waals surface area contributed by atoms with Gasteiger partial charge in [0.1, 0.15) is 0 Å². The van der Waals surface area contributed by atoms with Crippen LogP contribution < -0.4 is 0 Å². The summed E-state index contributed by atoms with van der Waals surface area (Å²) in [5.74, 6) is 0. The maximum Gasteiger partial charge on any atom is 0.330 e. The molecule has 0 heterocycles. The van der Waals surface area contributed by atoms with Gasteiger partial charge in [-0.2, -0.15) is 5.26 Å². The molecular formula is C11H22NO3P. The molecule has 0 unspecified atom stereocenters. The minimum atomic E-state index is -2.84. The van der Waals surface area contributed by atoms with Crippen LogP contribution in [0.1, 0.15) is 46.0 Å². The topological polar surface area (TPSA) is 59.3 Å². The molecule has 0 bridgehead atoms. The summed E-state index contributed by atoms with van der Waals surface area (Å²) in [5.41, 5.74) is 0. The number of nitrogens with zero attached hydrogens (tertiary/aromatic N) is 1. The molecule has 0 spiro atoms. The third-order valence-electron chi connectivity index (χ3n) is 2.12. The van der Waals surface area contributed by atoms with E-state index in [4.69, 9.17) is 14.3 Å². The Labute approximate surface area is 98.5 Å². The third-order valence-corrected chi connectivity index (χ3v) is 4.29. The Morgan fingerprint density at radius 1 is 1.06 bits per heavy atom. The average Bonchev–Trinajstić information content (AvgIpc) is 2.24. The lowest BCUT2D eigenvalue weighted by atomic mass is 10.2. The van der Waals surface area contributed by atoms with Gasteiger partial charge < -0.3 is 9.05 Å². The number of hydrogen-bond acceptors (Lipinski definition) is 4. The van der Waals surface area contributed by atoms with E-state index < -0.39 is 7.60 Å². The number of rotatable bonds is 10. The minimum absolute atomic E-state index is 0.422. The summed E-state index contributed by atoms with van der Waals surface area (Å²) in [6.45, 7) is 4.48. The van der Waals surface area contributed by atoms with Gasteiger partial charge in [-0.15, -0.1) is 0 Å². The molecule has 0 aliphatic rings. The fraction of sp³-hybridized carbons (Fsp3) is 0.909. The third kappa shape index (κ3) is 7.87. The van der Waals surface area contributed by atoms with Crippen LogP contribution in [-0.4, -0.2) is 19.4 Å². The Kier molecular flexibility index (Phi) is 9.62. The van der Waals surface area contributed by atoms with Gasteiger partial charge >= 0.3 is 7.60 Å². The van der Waals surface area contributed by atoms with Gasteiger partial charge in [0.05, 0.1) is 25.4 Å². The van der Waals surface area contributed by atoms with Gasteiger partial charge in [-0.05, 0) is 26.7 Å². The van der Waals surface area contributed by atoms with Crippen molar-refractivity contribution < 1.29 is 13.6 Å². The predicted molar refractivity (Wildman–Crippen MR) is 64.4 cm³/mol. The molecule has 0 rings (SSSR count). The van der Waals surface area contributed by atoms with Crippen LogP contribution in [0, 0.1) is 11.3 Å². The van der Waals surface area contributed by atoms with Gasteiger partial charge in [0.2, 0.25) is 0 Å². The Morgan fingerprint density at radius 2 is 1.62 bits per heavy atom. The highest BCUT2D eigenvalue weighted by Gasteiger charge is 2.22. The summed E-state index contributed by atoms with van der Waals surface area (Å²) >= 11 is 0. The molecule has 0 N–H and O–H groups in total. The standard InChI is InChI=1S/C11H22NO3P/c1-3-14-16(13,15-4-2)11-9-7-5-6-8-10-12/h3-9,11H2,1-2H3. The largest absolute Gasteiger partial charge is 0.330 e. The van der Waals surface area contributed by atoms with Crippen molar-refractivity contribution in [3.63, 3.8) is 0 Å². The van der Waals surface area contributed by atoms with E-state index in [9.17, 15) is 4.57 Å². The monoisotopic (exact) mass is 247 g/mol. The van der Waals surface area contributed by atoms with Crippen LogP contribution in [0.2, 0.25) is 0 Å². The first kappa shape index (κ1) is 15.6. The van der Waals surface area contributed by atoms with Crippen LogP contribution in [0.4, 0.5) is 0 Å². The van der Waals surface area contributed by atoms with Crippen molar-refractivity contribution in [2.75, 3.05) is 19.4 Å². The lowest BCUT2D eigenvalue weighted by Gasteiger charge is -2.16. The van der Waals surface area contributed by atoms with E-state index in [1.807, 2.05) is 13.8 Å². The second kappa shape index (κ2) is 9.84. The van der Waals surface area contributed by atoms with Crippen molar-refractivity contribution >= 4 is 7.60 Å². The second-order valence-corrected chi connectivity index (χ2v) is 5.68. The Hall–Kier alpha value is -0.360. The number of unbranched alkanes of at least 4 members (excludes halogenated alkanes) is 4. The van der Waals surface area contributed by atoms with Crippen molar-refractivity contribution in [2.24, 2.45) is 0 Å². The molecule has 0 aliphatic carbocycles. The molecular weight excluding hydrogens is 225 g/mol. The zero-order valence-electron chi connectivity index (χ0n) is 10.3. The van der Waals surface area contributed by atoms with Crippen molar-refractivity contribution in [3.05, 3.63) is 0 Å². The quantitative estimate of drug-likeness (QED) is 0.436. The molecule has 0 fully saturated rings. The van der Waals surface area contributed by atoms with Gasteiger partial charge in [0, 0.05) is 6.42 Å². The lowest BCUT2D eigenvalue weighted by Crippen LogP contribution is -2.00. The van der Waals surface area contributed by atoms with Crippen LogP contribution in [0.25, 0.3) is 0 Å². The summed E-state index contributed by atoms with van der Waals surface area (Å²) < 4.78 is 22.4. The average molecular weight is 247 g/mol. The zero-order chi connectivity index (χ0) is 12.3. The van der Waals surface area contributed by atoms with Crippen molar-refractivity contribution in [1.82, 2.24) is 0 Å². The highest BCUT2D eigenvalue weighted by atomic mass is 31.2. The first-order valence-electron chi connectivity index (χ1n) is 5.93. The fourth-order valence-corrected chi connectivity index (χ4v) is 3.15. The van der Waals surface area contributed by atoms with E-state index in [0.29, 0.717) is 25.8 Å². The fourth-order valence-electron chi connectivity index (χ4n) is 1.42. The molecule has 5 heteroatoms. The van der Waals surface area contributed by atoms with E-state index in [0.717, 1.165) is 25.7 Å². The van der Waals surface area contributed by atoms with Gasteiger partial charge in [-0.25, -0.2) is 0 Å². The van der Waals surface area contributed by atoms with Crippen LogP contribution in [0.15, 0.2) is 0 Å². The molecule has 0 aromatic rings. The van der Waals surface area contributed by atoms with Crippen LogP contribution >= 0.6 is 7.60 Å². The van der Waals surface area contributed by atoms with E-state index in [1.165, 1.54) is 0 Å². The molecule has 0 aromatic heterocycles. The van der Waals surface area contributed by atoms with Gasteiger partial charge in [-0.1, -0.05) is 12.8 Å². The minimum Gasteiger partial charge on any atom is -0.309 e. The van der Waals surface area contributed by atoms with Crippen molar-refractivity contribution in [3.8, 4) is 6.07 Å². The maximum atomic E-state index is 12.0. The predicted octanol–water partition coefficient (Wildman–Crippen LogP) is 3.73. The lowest BCUT2D eigenvalue weighted by molar-refractivity contribution is 0.219. The molecule has 0 atom stereocenters. The van der Waals surface area contributed by atoms with Crippen LogP contribution in [-0.2, 0) is 13.6 Å². The SMILES string of the molecule is CCOP(=O)(CCCCCCC#N)OCC. The van der Waals surface area contributed by atoms with Crippen LogP contribution in [0.3, 0.4) is 0 Å². The highest BCUT2D eigenvalue weighted by Crippen LogP contribution is 2.48. The summed E-state index contributed by atoms with van der Waals surface area (Å²) in [6, 6.07) is 2.11. The van der Waals surface area contributed by atoms with Crippen molar-refractivity contribution in [2.45, 2.75) is 46.0 Å². The molecule has 0 saturated heterocycles. The Morgan fingerprint density at radius 3 is 2.12 bits per heavy atom. The summed E-state index contributed by atoms with van der Waals surface area (Å²) in [4.78, 5) is 0. The Bertz CT molecular complexity index is 240. The van der Waals surface area contributed by atoms with Gasteiger partial charge in [0.15, 0.2) is 0 Å². The zero-order valence-corrected chi connectivity index (χ0v) is 11.2. The van der Waals surface area contributed by atoms with Crippen LogP contribution in [0.5, 0.6) is 0 Å². The molecule has 4 nitrogen and oxygen atoms in total. The molecule has 0 amide bonds. The smallest absolute Gasteiger partial charge is 0.309 e. The molecule has 0 aromatic carbocycles. The van der Waals surface area contributed by atoms with E-state index >= 15 is 0 Å². The highest BCUT2D eigenvalue weighted by molar-refractivity contribution is 7.53. The molecule has 0 radical (unpaired) electrons. The van der Waals surface area contributed by atoms with Gasteiger partial charge in [-0.3, -0.25) is 4.57 Å². The van der Waals surface area contributed by atoms with E-state index in [2.05, 4.69) is 6.07 Å². The molecule has 0 aliphatic heterocycles. The molecule has 0 saturated carbocycles. The Balaban J connectivity index is 3.69.